The molecule has 0 aliphatic carbocycles. The van der Waals surface area contributed by atoms with Crippen LogP contribution in [-0.4, -0.2) is 104 Å². The fourth-order valence-corrected chi connectivity index (χ4v) is 3.59. The van der Waals surface area contributed by atoms with Gasteiger partial charge in [0.15, 0.2) is 0 Å². The number of nitrogens with one attached hydrogen (secondary N) is 2. The van der Waals surface area contributed by atoms with Crippen LogP contribution in [0.2, 0.25) is 0 Å². The molecular formula is C94H189N19. The topological polar surface area (TPSA) is 242 Å². The van der Waals surface area contributed by atoms with E-state index in [9.17, 15) is 0 Å². The van der Waals surface area contributed by atoms with Crippen molar-refractivity contribution in [1.29, 1.82) is 0 Å². The van der Waals surface area contributed by atoms with Gasteiger partial charge in [0.2, 0.25) is 0 Å². The molecule has 1 aliphatic heterocycles. The van der Waals surface area contributed by atoms with Crippen molar-refractivity contribution in [2.75, 3.05) is 6.67 Å². The van der Waals surface area contributed by atoms with E-state index in [1.54, 1.807) is 99.1 Å². The summed E-state index contributed by atoms with van der Waals surface area (Å²) in [6.07, 6.45) is 34.9. The molecule has 0 bridgehead atoms. The zero-order valence-corrected chi connectivity index (χ0v) is 82.7. The summed E-state index contributed by atoms with van der Waals surface area (Å²) in [5.74, 6) is 7.78. The third-order valence-corrected chi connectivity index (χ3v) is 6.67. The molecule has 19 heteroatoms. The van der Waals surface area contributed by atoms with Crippen molar-refractivity contribution in [2.24, 2.45) is 57.3 Å². The van der Waals surface area contributed by atoms with Crippen LogP contribution in [0.15, 0.2) is 213 Å². The van der Waals surface area contributed by atoms with Gasteiger partial charge in [-0.25, -0.2) is 24.9 Å². The standard InChI is InChI=1S/2C6H10N2.C6H6.C5H9N3.C5H5N.3C4H4N2.7C4H10.C3H3N3.C3H4N2.10C2H6/c1-5(2)6-3-7-4-8-6;1-6(2)8-5-3-4-7-8;1-2-4-6-5-3-1;1-4(2)5-6-3-7-8-5;1-2-4-6-5-3-1;1-2-6-4-3-5-1;1-2-5-4-6-3-1;1-2-4-6-5-3-1;7*1-4(2)3;1-2-5-6-3-4-1;1-2-5-3-4-1;10*1-2/h3,5H,4H2,1-2H3;3-6H,1-2H3;1-6H;3-4H,1-2H3,(H,6,7,8);1-5H;3*1-4H;7*4H,1-3H3;1-3H;1-3H,(H,4,5);10*1-2H3. The Hall–Kier alpha value is -8.48. The fourth-order valence-electron chi connectivity index (χ4n) is 3.59. The Labute approximate surface area is 704 Å². The number of hydrogen-bond acceptors (Lipinski definition) is 16. The van der Waals surface area contributed by atoms with E-state index >= 15 is 0 Å². The van der Waals surface area contributed by atoms with Crippen molar-refractivity contribution in [3.63, 3.8) is 0 Å². The highest BCUT2D eigenvalue weighted by Gasteiger charge is 2.03. The molecule has 1 aliphatic rings. The smallest absolute Gasteiger partial charge is 0.138 e. The van der Waals surface area contributed by atoms with Gasteiger partial charge in [-0.2, -0.15) is 25.5 Å². The monoisotopic (exact) mass is 1580 g/mol. The van der Waals surface area contributed by atoms with Gasteiger partial charge in [-0.3, -0.25) is 34.7 Å². The molecule has 9 aromatic rings. The lowest BCUT2D eigenvalue weighted by molar-refractivity contribution is 0.532. The van der Waals surface area contributed by atoms with Crippen LogP contribution in [-0.2, 0) is 0 Å². The molecule has 10 rings (SSSR count). The number of benzene rings is 1. The number of rotatable bonds is 3. The first kappa shape index (κ1) is 146. The van der Waals surface area contributed by atoms with Gasteiger partial charge >= 0.3 is 0 Å². The largest absolute Gasteiger partial charge is 0.351 e. The molecule has 0 amide bonds. The highest BCUT2D eigenvalue weighted by molar-refractivity contribution is 6.32. The summed E-state index contributed by atoms with van der Waals surface area (Å²) in [6, 6.07) is 25.6. The van der Waals surface area contributed by atoms with Crippen molar-refractivity contribution in [3.8, 4) is 0 Å². The Bertz CT molecular complexity index is 2040. The second-order valence-electron chi connectivity index (χ2n) is 24.9. The number of aromatic amines is 2. The number of aromatic nitrogens is 17. The molecule has 0 saturated heterocycles. The maximum absolute atomic E-state index is 4.13. The van der Waals surface area contributed by atoms with E-state index in [0.29, 0.717) is 24.5 Å². The summed E-state index contributed by atoms with van der Waals surface area (Å²) >= 11 is 0. The fraction of sp³-hybridized carbons (Fsp3) is 0.617. The van der Waals surface area contributed by atoms with Gasteiger partial charge in [0.05, 0.1) is 18.2 Å². The number of hydrogen-bond donors (Lipinski definition) is 2. The molecule has 19 nitrogen and oxygen atoms in total. The van der Waals surface area contributed by atoms with Crippen molar-refractivity contribution in [3.05, 3.63) is 209 Å². The van der Waals surface area contributed by atoms with Crippen molar-refractivity contribution >= 4 is 11.9 Å². The lowest BCUT2D eigenvalue weighted by Gasteiger charge is -2.01. The minimum absolute atomic E-state index is 0.456. The number of imidazole rings is 1. The SMILES string of the molecule is CC.CC.CC.CC.CC.CC.CC.CC.CC.CC.CC(C)C.CC(C)C.CC(C)C.CC(C)C.CC(C)C.CC(C)C.CC(C)C.CC(C)C1=NCN=C1.CC(C)c1ncn[nH]1.CC(C)n1cccn1.c1c[nH]cn1.c1ccccc1.c1ccncc1.c1ccnnc1.c1cnccn1.c1cncnc1.c1cnncn1. The zero-order chi connectivity index (χ0) is 92.0. The first-order valence-electron chi connectivity index (χ1n) is 42.4. The molecular weight excluding hydrogens is 1400 g/mol. The zero-order valence-electron chi connectivity index (χ0n) is 82.7. The van der Waals surface area contributed by atoms with E-state index in [2.05, 4.69) is 277 Å². The Morgan fingerprint density at radius 2 is 0.611 bits per heavy atom. The second-order valence-corrected chi connectivity index (χ2v) is 24.9. The van der Waals surface area contributed by atoms with Crippen LogP contribution in [0.3, 0.4) is 0 Å². The van der Waals surface area contributed by atoms with Crippen LogP contribution < -0.4 is 0 Å². The lowest BCUT2D eigenvalue weighted by atomic mass is 10.1. The predicted molar refractivity (Wildman–Crippen MR) is 511 cm³/mol. The van der Waals surface area contributed by atoms with E-state index in [1.165, 1.54) is 25.2 Å². The maximum atomic E-state index is 4.13. The van der Waals surface area contributed by atoms with Gasteiger partial charge in [-0.1, -0.05) is 354 Å². The third-order valence-electron chi connectivity index (χ3n) is 6.67. The predicted octanol–water partition coefficient (Wildman–Crippen LogP) is 29.9. The summed E-state index contributed by atoms with van der Waals surface area (Å²) in [6.45, 7) is 98.7. The summed E-state index contributed by atoms with van der Waals surface area (Å²) in [7, 11) is 0. The van der Waals surface area contributed by atoms with E-state index in [-0.39, 0.29) is 0 Å². The molecule has 0 radical (unpaired) electrons. The summed E-state index contributed by atoms with van der Waals surface area (Å²) in [5.41, 5.74) is 1.13. The summed E-state index contributed by atoms with van der Waals surface area (Å²) in [5, 5.41) is 24.5. The maximum Gasteiger partial charge on any atom is 0.138 e. The molecule has 0 spiro atoms. The number of aliphatic imine (C=N–C) groups is 2. The molecule has 113 heavy (non-hydrogen) atoms. The Kier molecular flexibility index (Phi) is 202. The van der Waals surface area contributed by atoms with Crippen LogP contribution >= 0.6 is 0 Å². The Morgan fingerprint density at radius 1 is 0.292 bits per heavy atom. The van der Waals surface area contributed by atoms with E-state index < -0.39 is 0 Å². The van der Waals surface area contributed by atoms with Crippen molar-refractivity contribution in [2.45, 2.75) is 337 Å². The van der Waals surface area contributed by atoms with E-state index in [1.807, 2.05) is 228 Å². The molecule has 0 saturated carbocycles. The normalized spacial score (nSPS) is 8.38. The van der Waals surface area contributed by atoms with Gasteiger partial charge in [-0.15, -0.1) is 5.10 Å². The first-order chi connectivity index (χ1) is 54.0. The highest BCUT2D eigenvalue weighted by atomic mass is 15.3. The molecule has 8 aromatic heterocycles. The molecule has 0 fully saturated rings. The Morgan fingerprint density at radius 3 is 0.726 bits per heavy atom. The van der Waals surface area contributed by atoms with Gasteiger partial charge in [0, 0.05) is 111 Å². The van der Waals surface area contributed by atoms with Crippen molar-refractivity contribution in [1.82, 2.24) is 85.2 Å². The summed E-state index contributed by atoms with van der Waals surface area (Å²) < 4.78 is 1.92. The molecule has 9 heterocycles. The van der Waals surface area contributed by atoms with Gasteiger partial charge in [0.1, 0.15) is 31.5 Å². The molecule has 0 atom stereocenters. The van der Waals surface area contributed by atoms with Crippen LogP contribution in [0, 0.1) is 47.3 Å². The number of nitrogens with zero attached hydrogens (tertiary/aromatic N) is 17. The van der Waals surface area contributed by atoms with E-state index in [0.717, 1.165) is 53.0 Å². The number of pyridine rings is 1. The minimum atomic E-state index is 0.456. The van der Waals surface area contributed by atoms with Crippen LogP contribution in [0.25, 0.3) is 0 Å². The van der Waals surface area contributed by atoms with Gasteiger partial charge in [-0.05, 0) is 97.6 Å². The molecule has 2 N–H and O–H groups in total. The van der Waals surface area contributed by atoms with Gasteiger partial charge in [0.25, 0.3) is 0 Å². The average Bonchev–Trinajstić information content (AvgIpc) is 1.84. The van der Waals surface area contributed by atoms with Crippen LogP contribution in [0.4, 0.5) is 0 Å². The first-order valence-corrected chi connectivity index (χ1v) is 42.4. The Balaban J connectivity index is -0.0000000572. The van der Waals surface area contributed by atoms with Crippen LogP contribution in [0.5, 0.6) is 0 Å². The molecule has 660 valence electrons. The van der Waals surface area contributed by atoms with Gasteiger partial charge < -0.3 is 4.98 Å². The van der Waals surface area contributed by atoms with Crippen molar-refractivity contribution < 1.29 is 0 Å². The molecule has 0 unspecified atom stereocenters. The molecule has 1 aromatic carbocycles. The lowest BCUT2D eigenvalue weighted by Crippen LogP contribution is -2.05. The minimum Gasteiger partial charge on any atom is -0.351 e. The average molecular weight is 1590 g/mol. The van der Waals surface area contributed by atoms with E-state index in [4.69, 9.17) is 0 Å². The summed E-state index contributed by atoms with van der Waals surface area (Å²) in [4.78, 5) is 40.6. The third kappa shape index (κ3) is 249. The second kappa shape index (κ2) is 156. The number of H-pyrrole nitrogens is 2. The highest BCUT2D eigenvalue weighted by Crippen LogP contribution is 2.04. The van der Waals surface area contributed by atoms with Crippen LogP contribution in [0.1, 0.15) is 343 Å². The quantitative estimate of drug-likeness (QED) is 0.167.